The lowest BCUT2D eigenvalue weighted by atomic mass is 9.77. The summed E-state index contributed by atoms with van der Waals surface area (Å²) in [6, 6.07) is 0. The van der Waals surface area contributed by atoms with E-state index in [-0.39, 0.29) is 89.9 Å². The topological polar surface area (TPSA) is 502 Å². The van der Waals surface area contributed by atoms with Crippen molar-refractivity contribution in [2.24, 2.45) is 35.5 Å². The third kappa shape index (κ3) is 29.4. The quantitative estimate of drug-likeness (QED) is 0.0242. The molecule has 18 N–H and O–H groups in total. The van der Waals surface area contributed by atoms with Crippen molar-refractivity contribution in [3.05, 3.63) is 24.3 Å². The summed E-state index contributed by atoms with van der Waals surface area (Å²) < 4.78 is 53.9. The molecule has 108 heavy (non-hydrogen) atoms. The molecular formula is C78H138O30. The van der Waals surface area contributed by atoms with Crippen LogP contribution in [0.25, 0.3) is 0 Å². The van der Waals surface area contributed by atoms with Gasteiger partial charge in [0.05, 0.1) is 111 Å². The number of esters is 2. The second kappa shape index (κ2) is 47.2. The van der Waals surface area contributed by atoms with Crippen LogP contribution >= 0.6 is 0 Å². The number of unbranched alkanes of at least 4 members (excludes halogenated alkanes) is 7. The zero-order chi connectivity index (χ0) is 80.4. The molecule has 4 fully saturated rings. The minimum Gasteiger partial charge on any atom is -0.459 e. The molecule has 5 aliphatic heterocycles. The second-order valence-electron chi connectivity index (χ2n) is 32.0. The molecule has 0 aromatic heterocycles. The van der Waals surface area contributed by atoms with Crippen molar-refractivity contribution in [2.75, 3.05) is 13.7 Å². The molecule has 0 aromatic carbocycles. The van der Waals surface area contributed by atoms with Gasteiger partial charge in [0.15, 0.2) is 12.6 Å². The number of hydrogen-bond donors (Lipinski definition) is 18. The number of epoxide rings is 1. The van der Waals surface area contributed by atoms with Crippen LogP contribution in [-0.2, 0) is 57.0 Å². The maximum absolute atomic E-state index is 14.6. The van der Waals surface area contributed by atoms with Crippen LogP contribution in [0.5, 0.6) is 0 Å². The smallest absolute Gasteiger partial charge is 0.330 e. The Balaban J connectivity index is 1.27. The molecule has 4 saturated heterocycles. The number of ether oxygens (including phenoxy) is 9. The molecule has 0 amide bonds. The molecule has 30 nitrogen and oxygen atoms in total. The van der Waals surface area contributed by atoms with Gasteiger partial charge in [-0.05, 0) is 109 Å². The maximum Gasteiger partial charge on any atom is 0.330 e. The summed E-state index contributed by atoms with van der Waals surface area (Å²) in [5.74, 6) is -11.2. The predicted molar refractivity (Wildman–Crippen MR) is 390 cm³/mol. The highest BCUT2D eigenvalue weighted by Crippen LogP contribution is 2.42. The largest absolute Gasteiger partial charge is 0.459 e. The third-order valence-electron chi connectivity index (χ3n) is 22.9. The van der Waals surface area contributed by atoms with E-state index < -0.39 is 250 Å². The van der Waals surface area contributed by atoms with Gasteiger partial charge in [-0.15, -0.1) is 0 Å². The number of rotatable bonds is 27. The first-order valence-electron chi connectivity index (χ1n) is 40.0. The van der Waals surface area contributed by atoms with Crippen molar-refractivity contribution in [1.29, 1.82) is 0 Å². The molecule has 35 atom stereocenters. The Hall–Kier alpha value is -2.91. The molecule has 0 spiro atoms. The standard InChI is InChI=1S/C78H138O30/c1-11-13-14-15-16-17-18-19-20-23-49(81)33-54(86)37-63(91)102-60-39-64(101-47(9)73(60)100-10)103-59(12-2)43(5)65(92)44(6)66(93)45(7)71-46(8)72-74(106-72)56(87)27-22-26-50(82)32-52(84)34-53(85)35-55-38-58(89)75(97)78(99,108-55)76(98)70(107-77-69(96)68(95)67(94)61(40-79)104-77)42(4)28-30-48(80)24-21-25-51(83)36-57(88)41(3)29-31-62(90)105-71/h20,23,29,31,41-61,64-75,77,79-89,92-97,99H,11-19,21-22,24-28,30,32-40H2,1-10H3/b23-20+,31-29?/t41?,42?,43?,44?,45?,46?,47-,48?,49?,50?,51?,52?,53?,54?,55?,56?,57?,58?,59?,60-,61-,64+,65?,66?,67-,68+,69+,70?,71?,72?,73-,74?,75?,77-,78?/m1/s1. The number of aliphatic hydroxyl groups is 18. The lowest BCUT2D eigenvalue weighted by molar-refractivity contribution is -0.328. The van der Waals surface area contributed by atoms with E-state index in [1.54, 1.807) is 47.6 Å². The highest BCUT2D eigenvalue weighted by atomic mass is 16.7. The Morgan fingerprint density at radius 3 is 1.95 bits per heavy atom. The van der Waals surface area contributed by atoms with Gasteiger partial charge in [0.1, 0.15) is 61.0 Å². The second-order valence-corrected chi connectivity index (χ2v) is 32.0. The molecule has 5 aliphatic rings. The summed E-state index contributed by atoms with van der Waals surface area (Å²) in [7, 11) is 1.46. The predicted octanol–water partition coefficient (Wildman–Crippen LogP) is 1.99. The highest BCUT2D eigenvalue weighted by Gasteiger charge is 2.58. The van der Waals surface area contributed by atoms with Crippen molar-refractivity contribution in [2.45, 2.75) is 400 Å². The van der Waals surface area contributed by atoms with E-state index in [1.807, 2.05) is 13.0 Å². The van der Waals surface area contributed by atoms with Gasteiger partial charge in [0.2, 0.25) is 5.78 Å². The van der Waals surface area contributed by atoms with Gasteiger partial charge in [-0.1, -0.05) is 112 Å². The molecular weight excluding hydrogens is 1420 g/mol. The molecule has 5 heterocycles. The molecule has 26 unspecified atom stereocenters. The Bertz CT molecular complexity index is 2610. The van der Waals surface area contributed by atoms with Crippen LogP contribution in [0.3, 0.4) is 0 Å². The zero-order valence-electron chi connectivity index (χ0n) is 65.3. The van der Waals surface area contributed by atoms with E-state index in [0.717, 1.165) is 25.3 Å². The first-order chi connectivity index (χ1) is 51.0. The van der Waals surface area contributed by atoms with Crippen LogP contribution in [0.4, 0.5) is 0 Å². The molecule has 30 heteroatoms. The monoisotopic (exact) mass is 1550 g/mol. The Kier molecular flexibility index (Phi) is 41.8. The van der Waals surface area contributed by atoms with Crippen LogP contribution in [-0.4, -0.2) is 300 Å². The normalized spacial score (nSPS) is 39.9. The third-order valence-corrected chi connectivity index (χ3v) is 22.9. The van der Waals surface area contributed by atoms with E-state index >= 15 is 0 Å². The van der Waals surface area contributed by atoms with E-state index in [1.165, 1.54) is 52.2 Å². The first-order valence-corrected chi connectivity index (χ1v) is 40.0. The number of ketones is 1. The van der Waals surface area contributed by atoms with Gasteiger partial charge in [0, 0.05) is 62.0 Å². The van der Waals surface area contributed by atoms with Crippen LogP contribution in [0.15, 0.2) is 24.3 Å². The summed E-state index contributed by atoms with van der Waals surface area (Å²) >= 11 is 0. The number of methoxy groups -OCH3 is 1. The van der Waals surface area contributed by atoms with E-state index in [4.69, 9.17) is 42.6 Å². The minimum absolute atomic E-state index is 0.0378. The fourth-order valence-electron chi connectivity index (χ4n) is 15.8. The van der Waals surface area contributed by atoms with E-state index in [0.29, 0.717) is 6.42 Å². The molecule has 5 rings (SSSR count). The number of fused-ring (bicyclic) bond motifs is 3. The summed E-state index contributed by atoms with van der Waals surface area (Å²) in [5.41, 5.74) is 0. The van der Waals surface area contributed by atoms with Crippen LogP contribution in [0, 0.1) is 35.5 Å². The van der Waals surface area contributed by atoms with Crippen LogP contribution in [0.2, 0.25) is 0 Å². The van der Waals surface area contributed by atoms with Gasteiger partial charge in [-0.3, -0.25) is 9.59 Å². The van der Waals surface area contributed by atoms with Crippen LogP contribution < -0.4 is 0 Å². The van der Waals surface area contributed by atoms with Crippen molar-refractivity contribution >= 4 is 17.7 Å². The summed E-state index contributed by atoms with van der Waals surface area (Å²) in [6.07, 6.45) is -22.1. The lowest BCUT2D eigenvalue weighted by Crippen LogP contribution is -2.66. The number of carbonyl (C=O) groups excluding carboxylic acids is 3. The van der Waals surface area contributed by atoms with Crippen LogP contribution in [0.1, 0.15) is 223 Å². The number of cyclic esters (lactones) is 1. The SMILES string of the molecule is CCCCCCCCC/C=C/C(O)CC(O)CC(=O)O[C@@H]1C[C@H](OC(CC)C(C)C(O)C(C)C(O)C(C)C2OC(=O)C=CC(C)C(O)CC(O)CCCC(O)CCC(C)C(O[C@H]3O[C@H](CO)[C@@H](O)[C@H](O)[C@@H]3O)C(=O)C3(O)OC(CC(O)CC(O)CC(O)CCCC(O)C4OC4C2C)CC(O)C3O)O[C@H](C)[C@H]1OC. The Morgan fingerprint density at radius 2 is 1.30 bits per heavy atom. The summed E-state index contributed by atoms with van der Waals surface area (Å²) in [6.45, 7) is 14.8. The number of hydrogen-bond acceptors (Lipinski definition) is 30. The van der Waals surface area contributed by atoms with Crippen molar-refractivity contribution in [3.8, 4) is 0 Å². The average Bonchev–Trinajstić information content (AvgIpc) is 0.865. The van der Waals surface area contributed by atoms with Gasteiger partial charge < -0.3 is 135 Å². The average molecular weight is 1560 g/mol. The molecule has 0 saturated carbocycles. The molecule has 0 aromatic rings. The lowest BCUT2D eigenvalue weighted by Gasteiger charge is -2.46. The number of aliphatic hydroxyl groups excluding tert-OH is 17. The van der Waals surface area contributed by atoms with Gasteiger partial charge >= 0.3 is 11.9 Å². The Morgan fingerprint density at radius 1 is 0.667 bits per heavy atom. The minimum atomic E-state index is -3.27. The highest BCUT2D eigenvalue weighted by molar-refractivity contribution is 5.91. The van der Waals surface area contributed by atoms with Crippen molar-refractivity contribution < 1.29 is 149 Å². The zero-order valence-corrected chi connectivity index (χ0v) is 65.3. The molecule has 0 aliphatic carbocycles. The van der Waals surface area contributed by atoms with Gasteiger partial charge in [0.25, 0.3) is 5.79 Å². The van der Waals surface area contributed by atoms with Crippen molar-refractivity contribution in [1.82, 2.24) is 0 Å². The van der Waals surface area contributed by atoms with Gasteiger partial charge in [-0.2, -0.15) is 0 Å². The van der Waals surface area contributed by atoms with Gasteiger partial charge in [-0.25, -0.2) is 4.79 Å². The van der Waals surface area contributed by atoms with Crippen molar-refractivity contribution in [3.63, 3.8) is 0 Å². The van der Waals surface area contributed by atoms with E-state index in [2.05, 4.69) is 6.92 Å². The number of allylic oxidation sites excluding steroid dienone is 1. The summed E-state index contributed by atoms with van der Waals surface area (Å²) in [4.78, 5) is 41.9. The number of carbonyl (C=O) groups is 3. The fourth-order valence-corrected chi connectivity index (χ4v) is 15.8. The van der Waals surface area contributed by atoms with E-state index in [9.17, 15) is 106 Å². The summed E-state index contributed by atoms with van der Waals surface area (Å²) in [5, 5.41) is 200. The Labute approximate surface area is 637 Å². The molecule has 2 bridgehead atoms. The molecule has 0 radical (unpaired) electrons. The molecule has 630 valence electrons. The maximum atomic E-state index is 14.6. The first kappa shape index (κ1) is 95.7. The fraction of sp³-hybridized carbons (Fsp3) is 0.910. The number of Topliss-reactive ketones (excluding diaryl/α,β-unsaturated/α-hetero) is 1.